The van der Waals surface area contributed by atoms with Crippen molar-refractivity contribution in [1.82, 2.24) is 0 Å². The van der Waals surface area contributed by atoms with Crippen molar-refractivity contribution in [3.8, 4) is 0 Å². The van der Waals surface area contributed by atoms with Crippen molar-refractivity contribution < 1.29 is 0 Å². The predicted molar refractivity (Wildman–Crippen MR) is 92.5 cm³/mol. The number of benzene rings is 1. The van der Waals surface area contributed by atoms with E-state index in [4.69, 9.17) is 0 Å². The molecule has 0 saturated carbocycles. The van der Waals surface area contributed by atoms with Gasteiger partial charge in [0.05, 0.1) is 16.1 Å². The van der Waals surface area contributed by atoms with E-state index in [0.717, 1.165) is 0 Å². The summed E-state index contributed by atoms with van der Waals surface area (Å²) < 4.78 is 2.66. The zero-order valence-corrected chi connectivity index (χ0v) is 17.0. The van der Waals surface area contributed by atoms with E-state index in [1.54, 1.807) is 5.19 Å². The summed E-state index contributed by atoms with van der Waals surface area (Å²) in [7, 11) is -2.58. The molecule has 0 fully saturated rings. The largest absolute Gasteiger partial charge is 0.0794 e. The SMILES string of the molecule is Cc1c(Br)c([Si](C)(C)C)cc(Br)c1[Si](C)(C)C. The Bertz CT molecular complexity index is 440. The third-order valence-electron chi connectivity index (χ3n) is 3.01. The molecule has 0 N–H and O–H groups in total. The predicted octanol–water partition coefficient (Wildman–Crippen LogP) is 4.61. The molecule has 17 heavy (non-hydrogen) atoms. The van der Waals surface area contributed by atoms with Gasteiger partial charge in [0.2, 0.25) is 0 Å². The molecule has 0 bridgehead atoms. The first kappa shape index (κ1) is 15.7. The van der Waals surface area contributed by atoms with Crippen LogP contribution in [0, 0.1) is 6.92 Å². The maximum Gasteiger partial charge on any atom is 0.0794 e. The van der Waals surface area contributed by atoms with Gasteiger partial charge >= 0.3 is 0 Å². The van der Waals surface area contributed by atoms with E-state index in [0.29, 0.717) is 0 Å². The molecule has 1 aromatic rings. The lowest BCUT2D eigenvalue weighted by Crippen LogP contribution is -2.45. The van der Waals surface area contributed by atoms with Gasteiger partial charge < -0.3 is 0 Å². The van der Waals surface area contributed by atoms with Gasteiger partial charge in [-0.25, -0.2) is 0 Å². The maximum absolute atomic E-state index is 3.83. The van der Waals surface area contributed by atoms with Crippen molar-refractivity contribution in [2.24, 2.45) is 0 Å². The van der Waals surface area contributed by atoms with Gasteiger partial charge in [-0.2, -0.15) is 0 Å². The number of hydrogen-bond acceptors (Lipinski definition) is 0. The van der Waals surface area contributed by atoms with E-state index in [9.17, 15) is 0 Å². The number of hydrogen-bond donors (Lipinski definition) is 0. The summed E-state index contributed by atoms with van der Waals surface area (Å²) in [4.78, 5) is 0. The normalized spacial score (nSPS) is 13.0. The molecular weight excluding hydrogens is 372 g/mol. The van der Waals surface area contributed by atoms with Crippen LogP contribution in [0.25, 0.3) is 0 Å². The second-order valence-electron chi connectivity index (χ2n) is 6.72. The summed E-state index contributed by atoms with van der Waals surface area (Å²) in [6.07, 6.45) is 0. The third-order valence-corrected chi connectivity index (χ3v) is 9.54. The van der Waals surface area contributed by atoms with E-state index >= 15 is 0 Å². The Morgan fingerprint density at radius 1 is 0.882 bits per heavy atom. The smallest absolute Gasteiger partial charge is 0.0656 e. The Labute approximate surface area is 124 Å². The quantitative estimate of drug-likeness (QED) is 0.643. The summed E-state index contributed by atoms with van der Waals surface area (Å²) >= 11 is 7.63. The van der Waals surface area contributed by atoms with E-state index in [1.807, 2.05) is 0 Å². The molecule has 1 aromatic carbocycles. The molecule has 0 aliphatic heterocycles. The van der Waals surface area contributed by atoms with E-state index in [-0.39, 0.29) is 0 Å². The highest BCUT2D eigenvalue weighted by Crippen LogP contribution is 2.24. The molecule has 0 unspecified atom stereocenters. The van der Waals surface area contributed by atoms with Gasteiger partial charge in [0.25, 0.3) is 0 Å². The number of halogens is 2. The van der Waals surface area contributed by atoms with Crippen LogP contribution in [0.4, 0.5) is 0 Å². The molecule has 0 radical (unpaired) electrons. The van der Waals surface area contributed by atoms with Crippen LogP contribution >= 0.6 is 31.9 Å². The minimum absolute atomic E-state index is 1.28. The lowest BCUT2D eigenvalue weighted by Gasteiger charge is -2.27. The maximum atomic E-state index is 3.83. The van der Waals surface area contributed by atoms with Crippen molar-refractivity contribution in [1.29, 1.82) is 0 Å². The lowest BCUT2D eigenvalue weighted by atomic mass is 10.2. The van der Waals surface area contributed by atoms with Crippen molar-refractivity contribution in [2.45, 2.75) is 46.2 Å². The lowest BCUT2D eigenvalue weighted by molar-refractivity contribution is 1.44. The monoisotopic (exact) mass is 392 g/mol. The van der Waals surface area contributed by atoms with E-state index in [2.05, 4.69) is 84.1 Å². The van der Waals surface area contributed by atoms with Gasteiger partial charge in [-0.15, -0.1) is 0 Å². The van der Waals surface area contributed by atoms with Crippen LogP contribution < -0.4 is 10.4 Å². The van der Waals surface area contributed by atoms with Gasteiger partial charge in [-0.3, -0.25) is 0 Å². The first-order valence-corrected chi connectivity index (χ1v) is 14.5. The minimum Gasteiger partial charge on any atom is -0.0656 e. The average Bonchev–Trinajstić information content (AvgIpc) is 2.07. The van der Waals surface area contributed by atoms with Gasteiger partial charge in [0.15, 0.2) is 0 Å². The first-order valence-electron chi connectivity index (χ1n) is 5.96. The molecule has 96 valence electrons. The van der Waals surface area contributed by atoms with Crippen LogP contribution in [0.15, 0.2) is 15.0 Å². The fourth-order valence-corrected chi connectivity index (χ4v) is 10.5. The minimum atomic E-state index is -1.30. The van der Waals surface area contributed by atoms with Crippen molar-refractivity contribution in [3.63, 3.8) is 0 Å². The Hall–Kier alpha value is 0.614. The Morgan fingerprint density at radius 3 is 1.71 bits per heavy atom. The molecule has 0 nitrogen and oxygen atoms in total. The van der Waals surface area contributed by atoms with E-state index in [1.165, 1.54) is 19.7 Å². The second kappa shape index (κ2) is 4.95. The van der Waals surface area contributed by atoms with Crippen molar-refractivity contribution >= 4 is 58.4 Å². The van der Waals surface area contributed by atoms with Crippen LogP contribution in [0.5, 0.6) is 0 Å². The van der Waals surface area contributed by atoms with Crippen LogP contribution in [0.3, 0.4) is 0 Å². The molecule has 0 aliphatic rings. The van der Waals surface area contributed by atoms with Gasteiger partial charge in [0, 0.05) is 8.95 Å². The Balaban J connectivity index is 3.60. The summed E-state index contributed by atoms with van der Waals surface area (Å²) in [5, 5.41) is 3.07. The molecule has 0 saturated heterocycles. The summed E-state index contributed by atoms with van der Waals surface area (Å²) in [5.41, 5.74) is 1.44. The zero-order chi connectivity index (χ0) is 13.6. The molecular formula is C13H22Br2Si2. The Morgan fingerprint density at radius 2 is 1.35 bits per heavy atom. The van der Waals surface area contributed by atoms with Crippen molar-refractivity contribution in [2.75, 3.05) is 0 Å². The zero-order valence-electron chi connectivity index (χ0n) is 11.8. The highest BCUT2D eigenvalue weighted by Gasteiger charge is 2.28. The fraction of sp³-hybridized carbons (Fsp3) is 0.538. The molecule has 1 rings (SSSR count). The second-order valence-corrected chi connectivity index (χ2v) is 18.4. The molecule has 0 heterocycles. The topological polar surface area (TPSA) is 0 Å². The summed E-state index contributed by atoms with van der Waals surface area (Å²) in [6.45, 7) is 16.7. The number of rotatable bonds is 2. The molecule has 0 spiro atoms. The first-order chi connectivity index (χ1) is 7.46. The molecule has 4 heteroatoms. The van der Waals surface area contributed by atoms with Gasteiger partial charge in [0.1, 0.15) is 0 Å². The van der Waals surface area contributed by atoms with Crippen molar-refractivity contribution in [3.05, 3.63) is 20.6 Å². The highest BCUT2D eigenvalue weighted by atomic mass is 79.9. The average molecular weight is 394 g/mol. The Kier molecular flexibility index (Phi) is 4.56. The summed E-state index contributed by atoms with van der Waals surface area (Å²) in [5.74, 6) is 0. The molecule has 0 atom stereocenters. The van der Waals surface area contributed by atoms with Crippen LogP contribution in [-0.2, 0) is 0 Å². The van der Waals surface area contributed by atoms with Crippen LogP contribution in [0.1, 0.15) is 5.56 Å². The molecule has 0 aliphatic carbocycles. The van der Waals surface area contributed by atoms with Gasteiger partial charge in [-0.05, 0) is 28.9 Å². The van der Waals surface area contributed by atoms with Gasteiger partial charge in [-0.1, -0.05) is 71.1 Å². The van der Waals surface area contributed by atoms with Crippen LogP contribution in [-0.4, -0.2) is 16.1 Å². The fourth-order valence-electron chi connectivity index (χ4n) is 2.22. The van der Waals surface area contributed by atoms with Crippen LogP contribution in [0.2, 0.25) is 39.3 Å². The molecule has 0 amide bonds. The highest BCUT2D eigenvalue weighted by molar-refractivity contribution is 9.11. The standard InChI is InChI=1S/C13H22Br2Si2/c1-9-12(15)11(16(2,3)4)8-10(14)13(9)17(5,6)7/h8H,1-7H3. The third kappa shape index (κ3) is 3.34. The summed E-state index contributed by atoms with van der Waals surface area (Å²) in [6, 6.07) is 2.36. The molecule has 0 aromatic heterocycles. The van der Waals surface area contributed by atoms with E-state index < -0.39 is 16.1 Å².